The molecule has 0 aliphatic carbocycles. The van der Waals surface area contributed by atoms with Crippen molar-refractivity contribution in [1.82, 2.24) is 9.97 Å². The first-order chi connectivity index (χ1) is 8.50. The lowest BCUT2D eigenvalue weighted by Gasteiger charge is -2.40. The molecule has 3 nitrogen and oxygen atoms in total. The third-order valence-corrected chi connectivity index (χ3v) is 7.05. The topological polar surface area (TPSA) is 46.0 Å². The third kappa shape index (κ3) is 6.39. The predicted molar refractivity (Wildman–Crippen MR) is 87.2 cm³/mol. The summed E-state index contributed by atoms with van der Waals surface area (Å²) in [6, 6.07) is 0. The average molecular weight is 286 g/mol. The quantitative estimate of drug-likeness (QED) is 0.904. The zero-order valence-corrected chi connectivity index (χ0v) is 14.5. The summed E-state index contributed by atoms with van der Waals surface area (Å²) >= 11 is 0. The fourth-order valence-corrected chi connectivity index (χ4v) is 0.999. The summed E-state index contributed by atoms with van der Waals surface area (Å²) in [5.74, 6) is 0. The number of aryl methyl sites for hydroxylation is 1. The fraction of sp³-hybridized carbons (Fsp3) is 0.733. The molecule has 1 aromatic heterocycles. The van der Waals surface area contributed by atoms with Gasteiger partial charge in [-0.2, -0.15) is 0 Å². The first-order valence-corrected chi connectivity index (χ1v) is 9.52. The zero-order chi connectivity index (χ0) is 15.3. The van der Waals surface area contributed by atoms with E-state index in [1.165, 1.54) is 0 Å². The van der Waals surface area contributed by atoms with Crippen molar-refractivity contribution in [3.05, 3.63) is 23.8 Å². The van der Waals surface area contributed by atoms with Crippen molar-refractivity contribution >= 4 is 10.0 Å². The first kappa shape index (κ1) is 18.4. The molecule has 1 unspecified atom stereocenters. The van der Waals surface area contributed by atoms with Gasteiger partial charge >= 0.3 is 0 Å². The summed E-state index contributed by atoms with van der Waals surface area (Å²) < 4.78 is 0.521. The van der Waals surface area contributed by atoms with Crippen LogP contribution in [0.4, 0.5) is 0 Å². The molecule has 0 fully saturated rings. The van der Waals surface area contributed by atoms with Crippen LogP contribution in [0.5, 0.6) is 0 Å². The van der Waals surface area contributed by atoms with Crippen molar-refractivity contribution in [2.24, 2.45) is 0 Å². The molecule has 0 aromatic carbocycles. The molecule has 112 valence electrons. The zero-order valence-electron chi connectivity index (χ0n) is 13.7. The van der Waals surface area contributed by atoms with Crippen LogP contribution in [-0.2, 0) is 6.42 Å². The van der Waals surface area contributed by atoms with Gasteiger partial charge in [-0.3, -0.25) is 9.97 Å². The molecule has 1 rings (SSSR count). The number of aliphatic hydroxyl groups is 1. The maximum Gasteiger partial charge on any atom is 0.0950 e. The van der Waals surface area contributed by atoms with Gasteiger partial charge in [0.2, 0.25) is 0 Å². The lowest BCUT2D eigenvalue weighted by Crippen LogP contribution is -2.21. The van der Waals surface area contributed by atoms with Gasteiger partial charge in [-0.15, -0.1) is 0 Å². The highest BCUT2D eigenvalue weighted by molar-refractivity contribution is 8.33. The number of nitrogens with zero attached hydrogens (tertiary/aromatic N) is 2. The second-order valence-corrected chi connectivity index (χ2v) is 11.3. The Hall–Kier alpha value is -0.610. The van der Waals surface area contributed by atoms with Gasteiger partial charge in [0, 0.05) is 12.4 Å². The number of hydrogen-bond donors (Lipinski definition) is 1. The van der Waals surface area contributed by atoms with E-state index in [9.17, 15) is 5.11 Å². The van der Waals surface area contributed by atoms with Gasteiger partial charge < -0.3 is 5.11 Å². The highest BCUT2D eigenvalue weighted by Crippen LogP contribution is 2.48. The van der Waals surface area contributed by atoms with Gasteiger partial charge in [0.1, 0.15) is 0 Å². The van der Waals surface area contributed by atoms with E-state index in [4.69, 9.17) is 0 Å². The second-order valence-electron chi connectivity index (χ2n) is 6.37. The van der Waals surface area contributed by atoms with Gasteiger partial charge in [0.05, 0.1) is 17.5 Å². The molecule has 19 heavy (non-hydrogen) atoms. The van der Waals surface area contributed by atoms with E-state index >= 15 is 0 Å². The minimum absolute atomic E-state index is 0.340. The van der Waals surface area contributed by atoms with Gasteiger partial charge in [-0.1, -0.05) is 27.7 Å². The molecule has 1 aromatic rings. The van der Waals surface area contributed by atoms with Crippen molar-refractivity contribution < 1.29 is 5.11 Å². The molecule has 0 aliphatic heterocycles. The first-order valence-electron chi connectivity index (χ1n) is 6.66. The van der Waals surface area contributed by atoms with Gasteiger partial charge in [-0.25, -0.2) is 10.0 Å². The van der Waals surface area contributed by atoms with E-state index in [-0.39, 0.29) is 10.0 Å². The smallest absolute Gasteiger partial charge is 0.0950 e. The Kier molecular flexibility index (Phi) is 7.01. The maximum absolute atomic E-state index is 9.23. The summed E-state index contributed by atoms with van der Waals surface area (Å²) in [5, 5.41) is 9.23. The minimum atomic E-state index is -0.515. The summed E-state index contributed by atoms with van der Waals surface area (Å²) in [4.78, 5) is 8.13. The van der Waals surface area contributed by atoms with Crippen LogP contribution in [0.1, 0.15) is 52.1 Å². The molecule has 0 saturated heterocycles. The molecule has 0 saturated carbocycles. The van der Waals surface area contributed by atoms with Gasteiger partial charge in [0.25, 0.3) is 0 Å². The van der Waals surface area contributed by atoms with Crippen molar-refractivity contribution in [3.8, 4) is 0 Å². The highest BCUT2D eigenvalue weighted by atomic mass is 32.3. The Labute approximate surface area is 120 Å². The van der Waals surface area contributed by atoms with Crippen molar-refractivity contribution in [1.29, 1.82) is 0 Å². The maximum atomic E-state index is 9.23. The Bertz CT molecular complexity index is 366. The summed E-state index contributed by atoms with van der Waals surface area (Å²) in [6.07, 6.45) is 10.6. The van der Waals surface area contributed by atoms with E-state index in [1.807, 2.05) is 6.92 Å². The second kappa shape index (κ2) is 7.25. The van der Waals surface area contributed by atoms with Crippen LogP contribution < -0.4 is 0 Å². The van der Waals surface area contributed by atoms with E-state index in [0.29, 0.717) is 10.4 Å². The third-order valence-electron chi connectivity index (χ3n) is 3.37. The SMILES string of the molecule is CC(C)(C)S(C)(C)C.CCc1nccnc1C(C)O. The molecular weight excluding hydrogens is 256 g/mol. The van der Waals surface area contributed by atoms with Crippen LogP contribution in [0, 0.1) is 0 Å². The van der Waals surface area contributed by atoms with E-state index < -0.39 is 6.10 Å². The molecular formula is C15H30N2OS. The van der Waals surface area contributed by atoms with E-state index in [0.717, 1.165) is 12.1 Å². The molecule has 0 radical (unpaired) electrons. The van der Waals surface area contributed by atoms with Crippen LogP contribution in [0.2, 0.25) is 0 Å². The predicted octanol–water partition coefficient (Wildman–Crippen LogP) is 3.57. The number of hydrogen-bond acceptors (Lipinski definition) is 3. The van der Waals surface area contributed by atoms with Crippen molar-refractivity contribution in [2.75, 3.05) is 18.8 Å². The Balaban J connectivity index is 0.000000362. The van der Waals surface area contributed by atoms with E-state index in [1.54, 1.807) is 19.3 Å². The molecule has 0 aliphatic rings. The lowest BCUT2D eigenvalue weighted by molar-refractivity contribution is 0.192. The minimum Gasteiger partial charge on any atom is -0.387 e. The van der Waals surface area contributed by atoms with Crippen LogP contribution in [0.3, 0.4) is 0 Å². The van der Waals surface area contributed by atoms with Gasteiger partial charge in [0.15, 0.2) is 0 Å². The molecule has 0 spiro atoms. The molecule has 1 heterocycles. The molecule has 1 atom stereocenters. The van der Waals surface area contributed by atoms with Crippen molar-refractivity contribution in [2.45, 2.75) is 51.9 Å². The normalized spacial score (nSPS) is 14.4. The lowest BCUT2D eigenvalue weighted by atomic mass is 10.2. The summed E-state index contributed by atoms with van der Waals surface area (Å²) in [6.45, 7) is 10.6. The Morgan fingerprint density at radius 1 is 1.16 bits per heavy atom. The standard InChI is InChI=1S/C8H12N2O.C7H18S/c1-3-7-8(6(2)11)10-5-4-9-7;1-7(2,3)8(4,5)6/h4-6,11H,3H2,1-2H3;1-6H3. The molecule has 4 heteroatoms. The Morgan fingerprint density at radius 3 is 1.84 bits per heavy atom. The van der Waals surface area contributed by atoms with E-state index in [2.05, 4.69) is 49.5 Å². The summed E-state index contributed by atoms with van der Waals surface area (Å²) in [7, 11) is -0.340. The number of aromatic nitrogens is 2. The Morgan fingerprint density at radius 2 is 1.58 bits per heavy atom. The monoisotopic (exact) mass is 286 g/mol. The number of rotatable bonds is 2. The summed E-state index contributed by atoms with van der Waals surface area (Å²) in [5.41, 5.74) is 1.57. The highest BCUT2D eigenvalue weighted by Gasteiger charge is 2.21. The number of aliphatic hydroxyl groups excluding tert-OH is 1. The van der Waals surface area contributed by atoms with Gasteiger partial charge in [-0.05, 0) is 36.9 Å². The molecule has 1 N–H and O–H groups in total. The van der Waals surface area contributed by atoms with Crippen LogP contribution in [-0.4, -0.2) is 38.6 Å². The van der Waals surface area contributed by atoms with Crippen molar-refractivity contribution in [3.63, 3.8) is 0 Å². The largest absolute Gasteiger partial charge is 0.387 e. The fourth-order valence-electron chi connectivity index (χ4n) is 0.999. The molecule has 0 amide bonds. The van der Waals surface area contributed by atoms with Crippen LogP contribution in [0.15, 0.2) is 12.4 Å². The average Bonchev–Trinajstić information content (AvgIpc) is 2.27. The molecule has 0 bridgehead atoms. The van der Waals surface area contributed by atoms with Crippen LogP contribution in [0.25, 0.3) is 0 Å². The van der Waals surface area contributed by atoms with Crippen LogP contribution >= 0.6 is 10.0 Å².